The summed E-state index contributed by atoms with van der Waals surface area (Å²) in [5, 5.41) is 0. The summed E-state index contributed by atoms with van der Waals surface area (Å²) >= 11 is 0. The van der Waals surface area contributed by atoms with Crippen LogP contribution in [0.1, 0.15) is 316 Å². The highest BCUT2D eigenvalue weighted by atomic mass is 16.6. The van der Waals surface area contributed by atoms with Gasteiger partial charge < -0.3 is 14.2 Å². The van der Waals surface area contributed by atoms with Gasteiger partial charge in [0, 0.05) is 19.3 Å². The number of carbonyl (C=O) groups is 3. The zero-order chi connectivity index (χ0) is 59.9. The molecule has 6 nitrogen and oxygen atoms in total. The smallest absolute Gasteiger partial charge is 0.306 e. The highest BCUT2D eigenvalue weighted by Gasteiger charge is 2.19. The molecule has 1 unspecified atom stereocenters. The summed E-state index contributed by atoms with van der Waals surface area (Å²) in [5.74, 6) is -0.931. The molecule has 0 spiro atoms. The van der Waals surface area contributed by atoms with Gasteiger partial charge in [-0.2, -0.15) is 0 Å². The largest absolute Gasteiger partial charge is 0.462 e. The lowest BCUT2D eigenvalue weighted by molar-refractivity contribution is -0.167. The van der Waals surface area contributed by atoms with E-state index in [0.29, 0.717) is 19.3 Å². The Kier molecular flexibility index (Phi) is 66.3. The zero-order valence-electron chi connectivity index (χ0n) is 54.2. The third-order valence-corrected chi connectivity index (χ3v) is 14.6. The van der Waals surface area contributed by atoms with Gasteiger partial charge >= 0.3 is 17.9 Å². The van der Waals surface area contributed by atoms with E-state index >= 15 is 0 Å². The normalized spacial score (nSPS) is 13.0. The van der Waals surface area contributed by atoms with Crippen LogP contribution in [0.3, 0.4) is 0 Å². The minimum absolute atomic E-state index is 0.0949. The van der Waals surface area contributed by atoms with Crippen LogP contribution in [0.15, 0.2) is 134 Å². The topological polar surface area (TPSA) is 78.9 Å². The van der Waals surface area contributed by atoms with Crippen molar-refractivity contribution in [2.24, 2.45) is 0 Å². The van der Waals surface area contributed by atoms with Gasteiger partial charge in [-0.25, -0.2) is 0 Å². The minimum atomic E-state index is -0.803. The highest BCUT2D eigenvalue weighted by Crippen LogP contribution is 2.16. The van der Waals surface area contributed by atoms with Gasteiger partial charge in [-0.1, -0.05) is 296 Å². The summed E-state index contributed by atoms with van der Waals surface area (Å²) in [6, 6.07) is 0. The van der Waals surface area contributed by atoms with Crippen LogP contribution in [0.25, 0.3) is 0 Å². The van der Waals surface area contributed by atoms with Crippen LogP contribution in [-0.2, 0) is 28.6 Å². The molecule has 0 aromatic carbocycles. The Hall–Kier alpha value is -4.45. The number of allylic oxidation sites excluding steroid dienone is 22. The molecule has 0 aromatic heterocycles. The number of unbranched alkanes of at least 4 members (excludes halogenated alkanes) is 29. The van der Waals surface area contributed by atoms with E-state index in [1.54, 1.807) is 0 Å². The molecule has 0 saturated heterocycles. The lowest BCUT2D eigenvalue weighted by Gasteiger charge is -2.18. The van der Waals surface area contributed by atoms with E-state index in [1.165, 1.54) is 135 Å². The average Bonchev–Trinajstić information content (AvgIpc) is 3.49. The molecule has 6 heteroatoms. The molecule has 0 aromatic rings. The second-order valence-electron chi connectivity index (χ2n) is 22.7. The van der Waals surface area contributed by atoms with Crippen molar-refractivity contribution in [1.82, 2.24) is 0 Å². The highest BCUT2D eigenvalue weighted by molar-refractivity contribution is 5.71. The van der Waals surface area contributed by atoms with Crippen molar-refractivity contribution in [3.8, 4) is 0 Å². The number of carbonyl (C=O) groups excluding carboxylic acids is 3. The van der Waals surface area contributed by atoms with Crippen molar-refractivity contribution in [3.05, 3.63) is 134 Å². The molecule has 0 bridgehead atoms. The van der Waals surface area contributed by atoms with Gasteiger partial charge in [0.05, 0.1) is 0 Å². The summed E-state index contributed by atoms with van der Waals surface area (Å²) in [6.45, 7) is 6.38. The van der Waals surface area contributed by atoms with E-state index in [9.17, 15) is 14.4 Å². The maximum atomic E-state index is 12.9. The first-order valence-corrected chi connectivity index (χ1v) is 34.7. The van der Waals surface area contributed by atoms with Gasteiger partial charge in [-0.3, -0.25) is 14.4 Å². The number of hydrogen-bond donors (Lipinski definition) is 0. The quantitative estimate of drug-likeness (QED) is 0.0261. The molecule has 0 aliphatic heterocycles. The third-order valence-electron chi connectivity index (χ3n) is 14.6. The molecular weight excluding hydrogens is 1020 g/mol. The minimum Gasteiger partial charge on any atom is -0.462 e. The summed E-state index contributed by atoms with van der Waals surface area (Å²) in [7, 11) is 0. The van der Waals surface area contributed by atoms with Gasteiger partial charge in [0.2, 0.25) is 0 Å². The molecule has 0 rings (SSSR count). The first kappa shape index (κ1) is 78.5. The molecule has 472 valence electrons. The van der Waals surface area contributed by atoms with Crippen LogP contribution in [0.2, 0.25) is 0 Å². The molecule has 0 heterocycles. The van der Waals surface area contributed by atoms with E-state index in [2.05, 4.69) is 154 Å². The summed E-state index contributed by atoms with van der Waals surface area (Å²) in [4.78, 5) is 38.4. The molecule has 83 heavy (non-hydrogen) atoms. The lowest BCUT2D eigenvalue weighted by Crippen LogP contribution is -2.30. The van der Waals surface area contributed by atoms with Crippen molar-refractivity contribution in [3.63, 3.8) is 0 Å². The van der Waals surface area contributed by atoms with E-state index in [4.69, 9.17) is 14.2 Å². The second-order valence-corrected chi connectivity index (χ2v) is 22.7. The Morgan fingerprint density at radius 2 is 0.470 bits per heavy atom. The summed E-state index contributed by atoms with van der Waals surface area (Å²) < 4.78 is 16.9. The predicted molar refractivity (Wildman–Crippen MR) is 362 cm³/mol. The second kappa shape index (κ2) is 70.0. The number of ether oxygens (including phenoxy) is 3. The Bertz CT molecular complexity index is 1750. The SMILES string of the molecule is CC/C=C\C/C=C\C/C=C\C/C=C\C/C=C\CCCCCCCCCC(=O)OC(COC(=O)CCCCC/C=C\C/C=C\C/C=C\CC)COC(=O)CCCCCCCCCCCCCCCC/C=C\C/C=C\C/C=C\CCCCCCC. The van der Waals surface area contributed by atoms with Gasteiger partial charge in [-0.15, -0.1) is 0 Å². The first-order valence-electron chi connectivity index (χ1n) is 34.7. The predicted octanol–water partition coefficient (Wildman–Crippen LogP) is 24.1. The molecule has 0 aliphatic carbocycles. The summed E-state index contributed by atoms with van der Waals surface area (Å²) in [5.41, 5.74) is 0. The van der Waals surface area contributed by atoms with Crippen LogP contribution < -0.4 is 0 Å². The third kappa shape index (κ3) is 68.2. The van der Waals surface area contributed by atoms with E-state index < -0.39 is 6.10 Å². The molecular formula is C77H128O6. The first-order chi connectivity index (χ1) is 41.0. The Morgan fingerprint density at radius 3 is 0.747 bits per heavy atom. The fraction of sp³-hybridized carbons (Fsp3) is 0.675. The number of hydrogen-bond acceptors (Lipinski definition) is 6. The number of rotatable bonds is 62. The van der Waals surface area contributed by atoms with Crippen molar-refractivity contribution in [2.45, 2.75) is 322 Å². The molecule has 0 saturated carbocycles. The van der Waals surface area contributed by atoms with Crippen molar-refractivity contribution >= 4 is 17.9 Å². The van der Waals surface area contributed by atoms with Crippen LogP contribution in [0, 0.1) is 0 Å². The van der Waals surface area contributed by atoms with Gasteiger partial charge in [0.15, 0.2) is 6.10 Å². The molecule has 0 aliphatic rings. The van der Waals surface area contributed by atoms with E-state index in [0.717, 1.165) is 141 Å². The molecule has 0 fully saturated rings. The number of esters is 3. The maximum absolute atomic E-state index is 12.9. The standard InChI is InChI=1S/C77H128O6/c1-4-7-10-13-16-19-22-25-27-29-31-33-35-36-37-38-39-40-42-43-45-47-49-52-55-58-61-64-67-70-76(79)82-73-74(72-81-75(78)69-66-63-60-57-54-51-24-21-18-15-12-9-6-3)83-77(80)71-68-65-62-59-56-53-50-48-46-44-41-34-32-30-28-26-23-20-17-14-11-8-5-2/h8-9,11-12,17-18,20-22,25-26,28-29,31-32,34-36,44,46,51,54,74H,4-7,10,13-16,19,23-24,27,30,33,37-43,45,47-50,52-53,55-73H2,1-3H3/b11-8-,12-9-,20-17-,21-18-,25-22-,28-26-,31-29-,34-32-,36-35-,46-44-,54-51-. The van der Waals surface area contributed by atoms with Crippen molar-refractivity contribution in [2.75, 3.05) is 13.2 Å². The summed E-state index contributed by atoms with van der Waals surface area (Å²) in [6.07, 6.45) is 99.1. The molecule has 0 amide bonds. The van der Waals surface area contributed by atoms with Crippen LogP contribution in [-0.4, -0.2) is 37.2 Å². The Labute approximate surface area is 513 Å². The van der Waals surface area contributed by atoms with Crippen LogP contribution >= 0.6 is 0 Å². The van der Waals surface area contributed by atoms with Crippen molar-refractivity contribution < 1.29 is 28.6 Å². The Morgan fingerprint density at radius 1 is 0.253 bits per heavy atom. The monoisotopic (exact) mass is 1150 g/mol. The Balaban J connectivity index is 4.32. The maximum Gasteiger partial charge on any atom is 0.306 e. The van der Waals surface area contributed by atoms with Crippen LogP contribution in [0.5, 0.6) is 0 Å². The zero-order valence-corrected chi connectivity index (χ0v) is 54.2. The average molecular weight is 1150 g/mol. The van der Waals surface area contributed by atoms with Gasteiger partial charge in [0.1, 0.15) is 13.2 Å². The molecule has 0 radical (unpaired) electrons. The molecule has 0 N–H and O–H groups in total. The lowest BCUT2D eigenvalue weighted by atomic mass is 10.0. The fourth-order valence-corrected chi connectivity index (χ4v) is 9.49. The molecule has 1 atom stereocenters. The fourth-order valence-electron chi connectivity index (χ4n) is 9.49. The van der Waals surface area contributed by atoms with Gasteiger partial charge in [0.25, 0.3) is 0 Å². The van der Waals surface area contributed by atoms with E-state index in [-0.39, 0.29) is 31.1 Å². The van der Waals surface area contributed by atoms with Gasteiger partial charge in [-0.05, 0) is 135 Å². The van der Waals surface area contributed by atoms with Crippen LogP contribution in [0.4, 0.5) is 0 Å². The van der Waals surface area contributed by atoms with Crippen molar-refractivity contribution in [1.29, 1.82) is 0 Å². The van der Waals surface area contributed by atoms with E-state index in [1.807, 2.05) is 0 Å².